The first-order chi connectivity index (χ1) is 30.6. The second-order valence-corrected chi connectivity index (χ2v) is 26.3. The third kappa shape index (κ3) is 7.06. The lowest BCUT2D eigenvalue weighted by atomic mass is 9.36. The summed E-state index contributed by atoms with van der Waals surface area (Å²) in [7, 11) is 0. The average Bonchev–Trinajstić information content (AvgIpc) is 3.68. The van der Waals surface area contributed by atoms with Crippen molar-refractivity contribution in [2.45, 2.75) is 157 Å². The maximum Gasteiger partial charge on any atom is 0.268 e. The van der Waals surface area contributed by atoms with Gasteiger partial charge in [-0.05, 0) is 133 Å². The van der Waals surface area contributed by atoms with E-state index in [1.54, 1.807) is 0 Å². The predicted octanol–water partition coefficient (Wildman–Crippen LogP) is 14.9. The van der Waals surface area contributed by atoms with E-state index in [1.165, 1.54) is 81.7 Å². The first kappa shape index (κ1) is 44.6. The van der Waals surface area contributed by atoms with Gasteiger partial charge in [0.1, 0.15) is 17.5 Å². The number of nitrogens with zero attached hydrogens (tertiary/aromatic N) is 4. The van der Waals surface area contributed by atoms with Crippen LogP contribution in [0.2, 0.25) is 0 Å². The Morgan fingerprint density at radius 3 is 1.62 bits per heavy atom. The van der Waals surface area contributed by atoms with Crippen molar-refractivity contribution in [3.05, 3.63) is 136 Å². The largest absolute Gasteiger partial charge is 0.295 e. The molecule has 5 aromatic carbocycles. The second kappa shape index (κ2) is 14.4. The first-order valence-electron chi connectivity index (χ1n) is 24.2. The zero-order valence-electron chi connectivity index (χ0n) is 42.7. The van der Waals surface area contributed by atoms with Gasteiger partial charge in [0, 0.05) is 37.3 Å². The molecule has 0 saturated heterocycles. The van der Waals surface area contributed by atoms with E-state index < -0.39 is 0 Å². The van der Waals surface area contributed by atoms with Crippen molar-refractivity contribution in [1.82, 2.24) is 9.97 Å². The normalized spacial score (nSPS) is 16.3. The highest BCUT2D eigenvalue weighted by Crippen LogP contribution is 2.54. The van der Waals surface area contributed by atoms with Gasteiger partial charge >= 0.3 is 0 Å². The Morgan fingerprint density at radius 1 is 0.545 bits per heavy atom. The van der Waals surface area contributed by atoms with Gasteiger partial charge in [0.15, 0.2) is 0 Å². The molecule has 2 aliphatic heterocycles. The molecule has 0 atom stereocenters. The highest BCUT2D eigenvalue weighted by atomic mass is 32.1. The van der Waals surface area contributed by atoms with Gasteiger partial charge < -0.3 is 0 Å². The third-order valence-corrected chi connectivity index (χ3v) is 16.2. The van der Waals surface area contributed by atoms with Crippen LogP contribution in [0.15, 0.2) is 97.1 Å². The van der Waals surface area contributed by atoms with Crippen molar-refractivity contribution in [1.29, 1.82) is 0 Å². The summed E-state index contributed by atoms with van der Waals surface area (Å²) in [5.74, 6) is 2.70. The van der Waals surface area contributed by atoms with Crippen LogP contribution in [0, 0.1) is 6.92 Å². The Hall–Kier alpha value is -5.20. The maximum absolute atomic E-state index is 5.61. The zero-order chi connectivity index (χ0) is 47.4. The molecule has 0 radical (unpaired) electrons. The van der Waals surface area contributed by atoms with Gasteiger partial charge in [-0.1, -0.05) is 165 Å². The smallest absolute Gasteiger partial charge is 0.268 e. The van der Waals surface area contributed by atoms with Crippen molar-refractivity contribution in [3.8, 4) is 11.1 Å². The highest BCUT2D eigenvalue weighted by molar-refractivity contribution is 7.33. The molecular formula is C60H69BN4S. The molecule has 0 bridgehead atoms. The fourth-order valence-corrected chi connectivity index (χ4v) is 12.7. The Labute approximate surface area is 400 Å². The molecule has 338 valence electrons. The summed E-state index contributed by atoms with van der Waals surface area (Å²) in [5.41, 5.74) is 17.9. The lowest BCUT2D eigenvalue weighted by molar-refractivity contribution is 0.403. The molecule has 0 spiro atoms. The van der Waals surface area contributed by atoms with Crippen molar-refractivity contribution in [2.24, 2.45) is 0 Å². The molecular weight excluding hydrogens is 820 g/mol. The summed E-state index contributed by atoms with van der Waals surface area (Å²) in [5, 5.41) is 1.29. The van der Waals surface area contributed by atoms with Gasteiger partial charge in [-0.25, -0.2) is 9.97 Å². The van der Waals surface area contributed by atoms with Crippen LogP contribution in [-0.2, 0) is 32.5 Å². The molecule has 3 aliphatic rings. The van der Waals surface area contributed by atoms with E-state index in [0.717, 1.165) is 35.3 Å². The molecule has 2 aromatic heterocycles. The van der Waals surface area contributed by atoms with E-state index in [1.807, 2.05) is 11.3 Å². The molecule has 0 N–H and O–H groups in total. The number of anilines is 6. The molecule has 7 aromatic rings. The number of thiophene rings is 1. The molecule has 0 unspecified atom stereocenters. The summed E-state index contributed by atoms with van der Waals surface area (Å²) in [6.45, 7) is 39.5. The van der Waals surface area contributed by atoms with Crippen molar-refractivity contribution < 1.29 is 0 Å². The minimum atomic E-state index is -0.0642. The van der Waals surface area contributed by atoms with E-state index in [-0.39, 0.29) is 39.2 Å². The molecule has 1 aliphatic carbocycles. The first-order valence-corrected chi connectivity index (χ1v) is 25.1. The standard InChI is InChI=1S/C60H69BN4S/c1-35-62-53-50-54(63-35)65(47-28-24-39(57(8,9)10)30-42(47)36-18-20-37(21-19-36)55(2,3)4)48-33-45-44(59(14,15)34-60(45,16)17)32-46(48)61(50)52-51(43-31-40(58(11,12)13)25-29-49(43)66-52)64(53)41-26-22-38(23-27-41)56(5,6)7/h18-33H,34H2,1-17H3. The molecule has 0 saturated carbocycles. The lowest BCUT2D eigenvalue weighted by Gasteiger charge is -2.43. The molecule has 10 rings (SSSR count). The molecule has 4 heterocycles. The number of hydrogen-bond acceptors (Lipinski definition) is 5. The van der Waals surface area contributed by atoms with Crippen molar-refractivity contribution in [3.63, 3.8) is 0 Å². The molecule has 0 amide bonds. The van der Waals surface area contributed by atoms with Crippen LogP contribution >= 0.6 is 11.3 Å². The molecule has 4 nitrogen and oxygen atoms in total. The predicted molar refractivity (Wildman–Crippen MR) is 287 cm³/mol. The monoisotopic (exact) mass is 889 g/mol. The van der Waals surface area contributed by atoms with E-state index in [9.17, 15) is 0 Å². The molecule has 0 fully saturated rings. The van der Waals surface area contributed by atoms with E-state index in [4.69, 9.17) is 9.97 Å². The summed E-state index contributed by atoms with van der Waals surface area (Å²) in [4.78, 5) is 16.2. The van der Waals surface area contributed by atoms with Gasteiger partial charge in [0.05, 0.1) is 11.4 Å². The van der Waals surface area contributed by atoms with Crippen molar-refractivity contribution in [2.75, 3.05) is 9.80 Å². The Bertz CT molecular complexity index is 3100. The number of aryl methyl sites for hydroxylation is 1. The van der Waals surface area contributed by atoms with E-state index >= 15 is 0 Å². The van der Waals surface area contributed by atoms with Crippen LogP contribution in [0.25, 0.3) is 21.2 Å². The van der Waals surface area contributed by atoms with Gasteiger partial charge in [-0.3, -0.25) is 9.80 Å². The number of rotatable bonds is 3. The fraction of sp³-hybridized carbons (Fsp3) is 0.400. The van der Waals surface area contributed by atoms with Crippen LogP contribution in [0.5, 0.6) is 0 Å². The highest BCUT2D eigenvalue weighted by Gasteiger charge is 2.50. The van der Waals surface area contributed by atoms with Crippen LogP contribution in [-0.4, -0.2) is 16.7 Å². The van der Waals surface area contributed by atoms with Gasteiger partial charge in [-0.2, -0.15) is 0 Å². The van der Waals surface area contributed by atoms with Crippen LogP contribution in [0.4, 0.5) is 34.4 Å². The summed E-state index contributed by atoms with van der Waals surface area (Å²) in [6, 6.07) is 38.2. The molecule has 66 heavy (non-hydrogen) atoms. The van der Waals surface area contributed by atoms with Crippen molar-refractivity contribution >= 4 is 78.2 Å². The zero-order valence-corrected chi connectivity index (χ0v) is 43.5. The minimum absolute atomic E-state index is 0.00296. The topological polar surface area (TPSA) is 32.3 Å². The molecule has 6 heteroatoms. The summed E-state index contributed by atoms with van der Waals surface area (Å²) in [6.07, 6.45) is 1.09. The Morgan fingerprint density at radius 2 is 1.05 bits per heavy atom. The van der Waals surface area contributed by atoms with Crippen LogP contribution in [0.1, 0.15) is 156 Å². The number of benzene rings is 5. The number of fused-ring (bicyclic) bond motifs is 7. The van der Waals surface area contributed by atoms with E-state index in [2.05, 4.69) is 225 Å². The van der Waals surface area contributed by atoms with Crippen LogP contribution in [0.3, 0.4) is 0 Å². The summed E-state index contributed by atoms with van der Waals surface area (Å²) < 4.78 is 2.66. The maximum atomic E-state index is 5.61. The van der Waals surface area contributed by atoms with Crippen LogP contribution < -0.4 is 25.5 Å². The SMILES string of the molecule is Cc1nc2c3c(n1)N(c1ccc(C(C)(C)C)cc1)c1c(sc4ccc(C(C)(C)C)cc14)B3c1cc3c(cc1N2c1ccc(C(C)(C)C)cc1-c1ccc(C(C)(C)C)cc1)C(C)(C)CC3(C)C. The number of hydrogen-bond donors (Lipinski definition) is 0. The van der Waals surface area contributed by atoms with Gasteiger partial charge in [0.25, 0.3) is 6.71 Å². The number of aromatic nitrogens is 2. The second-order valence-electron chi connectivity index (χ2n) is 25.2. The van der Waals surface area contributed by atoms with Gasteiger partial charge in [0.2, 0.25) is 0 Å². The Kier molecular flexibility index (Phi) is 9.74. The van der Waals surface area contributed by atoms with E-state index in [0.29, 0.717) is 0 Å². The average molecular weight is 889 g/mol. The Balaban J connectivity index is 1.33. The third-order valence-electron chi connectivity index (χ3n) is 15.0. The van der Waals surface area contributed by atoms with Gasteiger partial charge in [-0.15, -0.1) is 11.3 Å². The fourth-order valence-electron chi connectivity index (χ4n) is 11.4. The lowest BCUT2D eigenvalue weighted by Crippen LogP contribution is -2.61. The quantitative estimate of drug-likeness (QED) is 0.165. The summed E-state index contributed by atoms with van der Waals surface area (Å²) >= 11 is 1.95. The minimum Gasteiger partial charge on any atom is -0.295 e.